The summed E-state index contributed by atoms with van der Waals surface area (Å²) in [5.41, 5.74) is 0.448. The summed E-state index contributed by atoms with van der Waals surface area (Å²) < 4.78 is 48.7. The Labute approximate surface area is 167 Å². The molecule has 6 nitrogen and oxygen atoms in total. The lowest BCUT2D eigenvalue weighted by Crippen LogP contribution is -2.23. The summed E-state index contributed by atoms with van der Waals surface area (Å²) in [6.45, 7) is 0. The van der Waals surface area contributed by atoms with E-state index in [1.54, 1.807) is 24.3 Å². The summed E-state index contributed by atoms with van der Waals surface area (Å²) in [5.74, 6) is -1.16. The van der Waals surface area contributed by atoms with Crippen molar-refractivity contribution in [1.82, 2.24) is 0 Å². The van der Waals surface area contributed by atoms with Gasteiger partial charge in [0.15, 0.2) is 19.7 Å². The van der Waals surface area contributed by atoms with Crippen LogP contribution in [0, 0.1) is 0 Å². The molecule has 0 radical (unpaired) electrons. The van der Waals surface area contributed by atoms with Crippen molar-refractivity contribution in [1.29, 1.82) is 0 Å². The fourth-order valence-electron chi connectivity index (χ4n) is 2.79. The second-order valence-electron chi connectivity index (χ2n) is 6.17. The van der Waals surface area contributed by atoms with Crippen LogP contribution in [0.1, 0.15) is 16.8 Å². The average Bonchev–Trinajstić information content (AvgIpc) is 2.98. The van der Waals surface area contributed by atoms with E-state index in [9.17, 15) is 21.6 Å². The third-order valence-electron chi connectivity index (χ3n) is 4.24. The van der Waals surface area contributed by atoms with Crippen LogP contribution in [0.5, 0.6) is 0 Å². The van der Waals surface area contributed by atoms with Crippen LogP contribution in [-0.4, -0.2) is 39.5 Å². The van der Waals surface area contributed by atoms with Gasteiger partial charge in [-0.3, -0.25) is 4.79 Å². The summed E-state index contributed by atoms with van der Waals surface area (Å²) in [7, 11) is -7.26. The highest BCUT2D eigenvalue weighted by Crippen LogP contribution is 2.28. The zero-order valence-electron chi connectivity index (χ0n) is 13.9. The van der Waals surface area contributed by atoms with E-state index in [4.69, 9.17) is 23.2 Å². The predicted molar refractivity (Wildman–Crippen MR) is 105 cm³/mol. The van der Waals surface area contributed by atoms with Gasteiger partial charge in [-0.15, -0.1) is 0 Å². The maximum atomic E-state index is 12.8. The van der Waals surface area contributed by atoms with E-state index in [1.807, 2.05) is 0 Å². The van der Waals surface area contributed by atoms with Gasteiger partial charge in [0.2, 0.25) is 0 Å². The highest BCUT2D eigenvalue weighted by atomic mass is 35.5. The average molecular weight is 448 g/mol. The molecule has 3 rings (SSSR count). The normalized spacial score (nSPS) is 19.0. The van der Waals surface area contributed by atoms with Gasteiger partial charge < -0.3 is 5.32 Å². The van der Waals surface area contributed by atoms with Crippen LogP contribution < -0.4 is 5.32 Å². The number of halogens is 2. The number of benzene rings is 2. The van der Waals surface area contributed by atoms with E-state index < -0.39 is 36.6 Å². The second kappa shape index (κ2) is 7.43. The molecule has 1 saturated heterocycles. The van der Waals surface area contributed by atoms with Gasteiger partial charge in [0, 0.05) is 10.7 Å². The monoisotopic (exact) mass is 447 g/mol. The number of hydrogen-bond donors (Lipinski definition) is 1. The molecule has 1 aliphatic heterocycles. The largest absolute Gasteiger partial charge is 0.322 e. The van der Waals surface area contributed by atoms with Gasteiger partial charge in [0.1, 0.15) is 0 Å². The van der Waals surface area contributed by atoms with Crippen molar-refractivity contribution in [3.8, 4) is 0 Å². The maximum absolute atomic E-state index is 12.8. The van der Waals surface area contributed by atoms with E-state index >= 15 is 0 Å². The molecule has 2 aromatic rings. The fourth-order valence-corrected chi connectivity index (χ4v) is 7.50. The molecule has 0 aromatic heterocycles. The molecule has 1 atom stereocenters. The minimum atomic E-state index is -3.90. The molecular formula is C17H15Cl2NO5S2. The molecule has 1 heterocycles. The fraction of sp³-hybridized carbons (Fsp3) is 0.235. The lowest BCUT2D eigenvalue weighted by atomic mass is 10.2. The highest BCUT2D eigenvalue weighted by molar-refractivity contribution is 7.96. The molecule has 1 fully saturated rings. The van der Waals surface area contributed by atoms with Gasteiger partial charge in [0.05, 0.1) is 32.2 Å². The van der Waals surface area contributed by atoms with Crippen molar-refractivity contribution < 1.29 is 21.6 Å². The van der Waals surface area contributed by atoms with Crippen molar-refractivity contribution >= 4 is 54.5 Å². The van der Waals surface area contributed by atoms with Crippen molar-refractivity contribution in [2.45, 2.75) is 16.6 Å². The van der Waals surface area contributed by atoms with E-state index in [-0.39, 0.29) is 27.7 Å². The van der Waals surface area contributed by atoms with Crippen molar-refractivity contribution in [3.05, 3.63) is 58.1 Å². The molecule has 0 aliphatic carbocycles. The first-order valence-corrected chi connectivity index (χ1v) is 12.0. The molecule has 144 valence electrons. The molecule has 27 heavy (non-hydrogen) atoms. The van der Waals surface area contributed by atoms with Crippen molar-refractivity contribution in [2.75, 3.05) is 16.8 Å². The third kappa shape index (κ3) is 4.45. The standard InChI is InChI=1S/C17H15Cl2NO5S2/c18-11-1-3-12(4-2-11)20-17(21)15-9-13(5-6-16(15)19)27(24,25)14-7-8-26(22,23)10-14/h1-6,9,14H,7-8,10H2,(H,20,21). The molecule has 2 aromatic carbocycles. The van der Waals surface area contributed by atoms with Crippen LogP contribution in [0.25, 0.3) is 0 Å². The van der Waals surface area contributed by atoms with Crippen LogP contribution in [0.3, 0.4) is 0 Å². The number of nitrogens with one attached hydrogen (secondary N) is 1. The Balaban J connectivity index is 1.90. The Morgan fingerprint density at radius 1 is 1.07 bits per heavy atom. The van der Waals surface area contributed by atoms with Crippen LogP contribution in [0.15, 0.2) is 47.4 Å². The molecule has 1 N–H and O–H groups in total. The number of carbonyl (C=O) groups is 1. The SMILES string of the molecule is O=C(Nc1ccc(Cl)cc1)c1cc(S(=O)(=O)C2CCS(=O)(=O)C2)ccc1Cl. The first-order valence-electron chi connectivity index (χ1n) is 7.89. The minimum Gasteiger partial charge on any atom is -0.322 e. The number of carbonyl (C=O) groups excluding carboxylic acids is 1. The molecule has 0 saturated carbocycles. The van der Waals surface area contributed by atoms with Gasteiger partial charge in [-0.25, -0.2) is 16.8 Å². The lowest BCUT2D eigenvalue weighted by molar-refractivity contribution is 0.102. The zero-order chi connectivity index (χ0) is 19.8. The predicted octanol–water partition coefficient (Wildman–Crippen LogP) is 3.21. The first-order chi connectivity index (χ1) is 12.6. The summed E-state index contributed by atoms with van der Waals surface area (Å²) in [4.78, 5) is 12.4. The van der Waals surface area contributed by atoms with Gasteiger partial charge >= 0.3 is 0 Å². The quantitative estimate of drug-likeness (QED) is 0.775. The second-order valence-corrected chi connectivity index (χ2v) is 11.5. The van der Waals surface area contributed by atoms with Gasteiger partial charge in [-0.2, -0.15) is 0 Å². The number of amides is 1. The number of hydrogen-bond acceptors (Lipinski definition) is 5. The Bertz CT molecular complexity index is 1100. The summed E-state index contributed by atoms with van der Waals surface area (Å²) in [6, 6.07) is 10.2. The van der Waals surface area contributed by atoms with Crippen LogP contribution >= 0.6 is 23.2 Å². The number of sulfone groups is 2. The van der Waals surface area contributed by atoms with Crippen molar-refractivity contribution in [3.63, 3.8) is 0 Å². The van der Waals surface area contributed by atoms with Gasteiger partial charge in [-0.1, -0.05) is 23.2 Å². The summed E-state index contributed by atoms with van der Waals surface area (Å²) in [5, 5.41) is 2.19. The minimum absolute atomic E-state index is 0.0199. The zero-order valence-corrected chi connectivity index (χ0v) is 17.0. The first kappa shape index (κ1) is 20.1. The molecule has 10 heteroatoms. The molecule has 0 bridgehead atoms. The van der Waals surface area contributed by atoms with Gasteiger partial charge in [0.25, 0.3) is 5.91 Å². The van der Waals surface area contributed by atoms with E-state index in [0.29, 0.717) is 10.7 Å². The van der Waals surface area contributed by atoms with Gasteiger partial charge in [-0.05, 0) is 48.9 Å². The molecule has 1 amide bonds. The van der Waals surface area contributed by atoms with Crippen LogP contribution in [0.4, 0.5) is 5.69 Å². The summed E-state index contributed by atoms with van der Waals surface area (Å²) >= 11 is 11.9. The Morgan fingerprint density at radius 3 is 2.33 bits per heavy atom. The Kier molecular flexibility index (Phi) is 5.54. The molecule has 0 spiro atoms. The third-order valence-corrected chi connectivity index (χ3v) is 8.99. The van der Waals surface area contributed by atoms with Crippen LogP contribution in [-0.2, 0) is 19.7 Å². The van der Waals surface area contributed by atoms with E-state index in [1.165, 1.54) is 18.2 Å². The Morgan fingerprint density at radius 2 is 1.74 bits per heavy atom. The van der Waals surface area contributed by atoms with Crippen LogP contribution in [0.2, 0.25) is 10.0 Å². The number of anilines is 1. The Hall–Kier alpha value is -1.61. The maximum Gasteiger partial charge on any atom is 0.257 e. The molecule has 1 aliphatic rings. The van der Waals surface area contributed by atoms with E-state index in [2.05, 4.69) is 5.32 Å². The smallest absolute Gasteiger partial charge is 0.257 e. The molecular weight excluding hydrogens is 433 g/mol. The highest BCUT2D eigenvalue weighted by Gasteiger charge is 2.38. The summed E-state index contributed by atoms with van der Waals surface area (Å²) in [6.07, 6.45) is 0.0413. The topological polar surface area (TPSA) is 97.4 Å². The molecule has 1 unspecified atom stereocenters. The van der Waals surface area contributed by atoms with E-state index in [0.717, 1.165) is 0 Å². The lowest BCUT2D eigenvalue weighted by Gasteiger charge is -2.13. The number of rotatable bonds is 4. The van der Waals surface area contributed by atoms with Crippen molar-refractivity contribution in [2.24, 2.45) is 0 Å².